The molecule has 0 aliphatic heterocycles. The molecule has 3 atom stereocenters. The number of carbonyl (C=O) groups is 2. The summed E-state index contributed by atoms with van der Waals surface area (Å²) in [6.45, 7) is 8.48. The minimum absolute atomic E-state index is 0.0594. The molecule has 1 aromatic carbocycles. The largest absolute Gasteiger partial charge is 0.445 e. The van der Waals surface area contributed by atoms with Crippen LogP contribution in [0.2, 0.25) is 0 Å². The predicted octanol–water partition coefficient (Wildman–Crippen LogP) is 3.22. The van der Waals surface area contributed by atoms with Gasteiger partial charge in [-0.05, 0) is 23.8 Å². The maximum atomic E-state index is 12.5. The topological polar surface area (TPSA) is 117 Å². The predicted molar refractivity (Wildman–Crippen MR) is 113 cm³/mol. The second-order valence-electron chi connectivity index (χ2n) is 7.67. The van der Waals surface area contributed by atoms with Gasteiger partial charge in [0.15, 0.2) is 0 Å². The smallest absolute Gasteiger partial charge is 0.407 e. The molecule has 1 unspecified atom stereocenters. The molecule has 0 spiro atoms. The van der Waals surface area contributed by atoms with Gasteiger partial charge in [0.2, 0.25) is 5.91 Å². The van der Waals surface area contributed by atoms with Gasteiger partial charge in [-0.3, -0.25) is 9.36 Å². The first-order valence-corrected chi connectivity index (χ1v) is 11.8. The highest BCUT2D eigenvalue weighted by atomic mass is 31.2. The summed E-state index contributed by atoms with van der Waals surface area (Å²) in [5, 5.41) is 7.62. The normalized spacial score (nSPS) is 15.2. The molecule has 0 radical (unpaired) electrons. The summed E-state index contributed by atoms with van der Waals surface area (Å²) < 4.78 is 17.5. The van der Waals surface area contributed by atoms with Crippen LogP contribution in [0.4, 0.5) is 4.79 Å². The van der Waals surface area contributed by atoms with Crippen LogP contribution in [0.5, 0.6) is 0 Å². The van der Waals surface area contributed by atoms with E-state index in [9.17, 15) is 19.0 Å². The van der Waals surface area contributed by atoms with Crippen LogP contribution in [0, 0.1) is 11.8 Å². The molecule has 1 aromatic rings. The van der Waals surface area contributed by atoms with Crippen LogP contribution in [-0.2, 0) is 20.7 Å². The quantitative estimate of drug-likeness (QED) is 0.381. The standard InChI is InChI=1S/C20H34N3O5P/c1-5-16(4)12-21-19(24)18(11-15(2)3)23-29(26,27)14-22-20(25)28-13-17-9-7-6-8-10-17/h6-10,15-16,18H,5,11-14H2,1-4H3,(H,21,24)(H,22,25)(H2,23,26,27)/t16-,18+/m1/s1. The highest BCUT2D eigenvalue weighted by Gasteiger charge is 2.29. The summed E-state index contributed by atoms with van der Waals surface area (Å²) in [5.74, 6) is 0.145. The lowest BCUT2D eigenvalue weighted by Crippen LogP contribution is -2.45. The van der Waals surface area contributed by atoms with Crippen molar-refractivity contribution < 1.29 is 23.8 Å². The van der Waals surface area contributed by atoms with E-state index in [1.807, 2.05) is 45.9 Å². The molecule has 29 heavy (non-hydrogen) atoms. The van der Waals surface area contributed by atoms with Crippen molar-refractivity contribution in [3.8, 4) is 0 Å². The Balaban J connectivity index is 2.54. The van der Waals surface area contributed by atoms with E-state index in [1.165, 1.54) is 0 Å². The fourth-order valence-corrected chi connectivity index (χ4v) is 3.61. The molecule has 8 nitrogen and oxygen atoms in total. The molecule has 0 saturated carbocycles. The van der Waals surface area contributed by atoms with E-state index >= 15 is 0 Å². The van der Waals surface area contributed by atoms with E-state index in [0.717, 1.165) is 12.0 Å². The molecule has 1 rings (SSSR count). The molecule has 0 aromatic heterocycles. The third kappa shape index (κ3) is 11.0. The number of hydrogen-bond donors (Lipinski definition) is 4. The van der Waals surface area contributed by atoms with Crippen LogP contribution in [0.1, 0.15) is 46.1 Å². The van der Waals surface area contributed by atoms with Gasteiger partial charge in [0.1, 0.15) is 12.9 Å². The Hall–Kier alpha value is -1.89. The van der Waals surface area contributed by atoms with Crippen LogP contribution in [0.25, 0.3) is 0 Å². The highest BCUT2D eigenvalue weighted by molar-refractivity contribution is 7.55. The van der Waals surface area contributed by atoms with Crippen molar-refractivity contribution in [2.75, 3.05) is 12.8 Å². The zero-order valence-electron chi connectivity index (χ0n) is 17.7. The maximum Gasteiger partial charge on any atom is 0.407 e. The van der Waals surface area contributed by atoms with Gasteiger partial charge >= 0.3 is 6.09 Å². The summed E-state index contributed by atoms with van der Waals surface area (Å²) in [6, 6.07) is 8.29. The van der Waals surface area contributed by atoms with Crippen molar-refractivity contribution >= 4 is 19.5 Å². The zero-order valence-corrected chi connectivity index (χ0v) is 18.6. The van der Waals surface area contributed by atoms with Crippen molar-refractivity contribution in [3.05, 3.63) is 35.9 Å². The van der Waals surface area contributed by atoms with E-state index < -0.39 is 25.9 Å². The molecule has 0 aliphatic carbocycles. The molecule has 9 heteroatoms. The number of hydrogen-bond acceptors (Lipinski definition) is 4. The Labute approximate surface area is 173 Å². The van der Waals surface area contributed by atoms with E-state index in [0.29, 0.717) is 18.9 Å². The van der Waals surface area contributed by atoms with Crippen LogP contribution < -0.4 is 15.7 Å². The average molecular weight is 427 g/mol. The second kappa shape index (κ2) is 12.6. The molecule has 0 aliphatic rings. The highest BCUT2D eigenvalue weighted by Crippen LogP contribution is 2.35. The van der Waals surface area contributed by atoms with Gasteiger partial charge in [0.25, 0.3) is 7.52 Å². The monoisotopic (exact) mass is 427 g/mol. The Kier molecular flexibility index (Phi) is 10.9. The van der Waals surface area contributed by atoms with E-state index in [1.54, 1.807) is 12.1 Å². The first-order chi connectivity index (χ1) is 13.6. The van der Waals surface area contributed by atoms with Gasteiger partial charge in [0, 0.05) is 6.54 Å². The Morgan fingerprint density at radius 3 is 2.38 bits per heavy atom. The van der Waals surface area contributed by atoms with Gasteiger partial charge in [-0.1, -0.05) is 64.4 Å². The summed E-state index contributed by atoms with van der Waals surface area (Å²) >= 11 is 0. The molecule has 0 fully saturated rings. The minimum atomic E-state index is -3.99. The van der Waals surface area contributed by atoms with E-state index in [2.05, 4.69) is 15.7 Å². The lowest BCUT2D eigenvalue weighted by atomic mass is 10.0. The van der Waals surface area contributed by atoms with Crippen molar-refractivity contribution in [3.63, 3.8) is 0 Å². The van der Waals surface area contributed by atoms with Gasteiger partial charge in [-0.2, -0.15) is 0 Å². The zero-order chi connectivity index (χ0) is 21.9. The summed E-state index contributed by atoms with van der Waals surface area (Å²) in [5.41, 5.74) is 0.808. The Morgan fingerprint density at radius 1 is 1.14 bits per heavy atom. The molecule has 164 valence electrons. The van der Waals surface area contributed by atoms with Crippen LogP contribution in [0.3, 0.4) is 0 Å². The number of benzene rings is 1. The number of ether oxygens (including phenoxy) is 1. The van der Waals surface area contributed by atoms with Gasteiger partial charge < -0.3 is 20.3 Å². The number of amides is 2. The van der Waals surface area contributed by atoms with Gasteiger partial charge in [0.05, 0.1) is 6.04 Å². The number of alkyl carbamates (subject to hydrolysis) is 1. The fraction of sp³-hybridized carbons (Fsp3) is 0.600. The van der Waals surface area contributed by atoms with Crippen LogP contribution >= 0.6 is 7.52 Å². The van der Waals surface area contributed by atoms with Crippen LogP contribution in [0.15, 0.2) is 30.3 Å². The molecular formula is C20H34N3O5P. The SMILES string of the molecule is CC[C@@H](C)CNC(=O)[C@H](CC(C)C)NP(=O)(O)CNC(=O)OCc1ccccc1. The average Bonchev–Trinajstić information content (AvgIpc) is 2.68. The molecular weight excluding hydrogens is 393 g/mol. The molecule has 4 N–H and O–H groups in total. The lowest BCUT2D eigenvalue weighted by molar-refractivity contribution is -0.123. The lowest BCUT2D eigenvalue weighted by Gasteiger charge is -2.24. The number of carbonyl (C=O) groups excluding carboxylic acids is 2. The molecule has 0 heterocycles. The van der Waals surface area contributed by atoms with E-state index in [-0.39, 0.29) is 18.4 Å². The van der Waals surface area contributed by atoms with Crippen molar-refractivity contribution in [1.29, 1.82) is 0 Å². The summed E-state index contributed by atoms with van der Waals surface area (Å²) in [6.07, 6.45) is -0.00854. The second-order valence-corrected chi connectivity index (χ2v) is 9.65. The van der Waals surface area contributed by atoms with Crippen LogP contribution in [-0.4, -0.2) is 35.8 Å². The Bertz CT molecular complexity index is 684. The molecule has 0 bridgehead atoms. The third-order valence-electron chi connectivity index (χ3n) is 4.35. The third-order valence-corrected chi connectivity index (χ3v) is 5.66. The van der Waals surface area contributed by atoms with Gasteiger partial charge in [-0.25, -0.2) is 9.88 Å². The van der Waals surface area contributed by atoms with E-state index in [4.69, 9.17) is 4.74 Å². The van der Waals surface area contributed by atoms with Crippen molar-refractivity contribution in [2.45, 2.75) is 53.2 Å². The molecule has 0 saturated heterocycles. The number of nitrogens with one attached hydrogen (secondary N) is 3. The van der Waals surface area contributed by atoms with Crippen molar-refractivity contribution in [2.24, 2.45) is 11.8 Å². The minimum Gasteiger partial charge on any atom is -0.445 e. The summed E-state index contributed by atoms with van der Waals surface area (Å²) in [7, 11) is -3.99. The first kappa shape index (κ1) is 25.1. The molecule has 2 amide bonds. The summed E-state index contributed by atoms with van der Waals surface area (Å²) in [4.78, 5) is 34.5. The fourth-order valence-electron chi connectivity index (χ4n) is 2.47. The van der Waals surface area contributed by atoms with Gasteiger partial charge in [-0.15, -0.1) is 0 Å². The Morgan fingerprint density at radius 2 is 1.79 bits per heavy atom. The van der Waals surface area contributed by atoms with Crippen molar-refractivity contribution in [1.82, 2.24) is 15.7 Å². The first-order valence-electron chi connectivity index (χ1n) is 9.94. The maximum absolute atomic E-state index is 12.5. The number of rotatable bonds is 12.